The molecule has 2 nitrogen and oxygen atoms in total. The third-order valence-corrected chi connectivity index (χ3v) is 1.83. The zero-order valence-corrected chi connectivity index (χ0v) is 8.62. The van der Waals surface area contributed by atoms with Crippen molar-refractivity contribution in [3.05, 3.63) is 29.8 Å². The Bertz CT molecular complexity index is 292. The molecule has 1 radical (unpaired) electrons. The fourth-order valence-electron chi connectivity index (χ4n) is 1.26. The lowest BCUT2D eigenvalue weighted by Gasteiger charge is -2.13. The summed E-state index contributed by atoms with van der Waals surface area (Å²) < 4.78 is 5.61. The molecule has 0 aromatic heterocycles. The van der Waals surface area contributed by atoms with Gasteiger partial charge < -0.3 is 4.74 Å². The number of carbonyl (C=O) groups excluding carboxylic acids is 1. The average molecular weight is 191 g/mol. The molecule has 0 heterocycles. The number of para-hydroxylation sites is 1. The molecule has 1 rings (SSSR count). The molecule has 0 atom stereocenters. The van der Waals surface area contributed by atoms with Gasteiger partial charge in [-0.1, -0.05) is 18.2 Å². The van der Waals surface area contributed by atoms with Crippen molar-refractivity contribution < 1.29 is 9.53 Å². The van der Waals surface area contributed by atoms with Crippen molar-refractivity contribution in [1.82, 2.24) is 0 Å². The highest BCUT2D eigenvalue weighted by Gasteiger charge is 2.03. The van der Waals surface area contributed by atoms with Crippen LogP contribution in [0.25, 0.3) is 0 Å². The first-order valence-electron chi connectivity index (χ1n) is 4.83. The maximum atomic E-state index is 10.1. The second kappa shape index (κ2) is 5.43. The summed E-state index contributed by atoms with van der Waals surface area (Å²) >= 11 is 0. The van der Waals surface area contributed by atoms with Crippen LogP contribution in [0, 0.1) is 0 Å². The minimum atomic E-state index is 0.163. The molecular weight excluding hydrogens is 176 g/mol. The van der Waals surface area contributed by atoms with Crippen molar-refractivity contribution in [2.45, 2.75) is 32.8 Å². The summed E-state index contributed by atoms with van der Waals surface area (Å²) in [7, 11) is 0. The van der Waals surface area contributed by atoms with E-state index in [9.17, 15) is 4.79 Å². The Kier molecular flexibility index (Phi) is 4.17. The van der Waals surface area contributed by atoms with E-state index in [0.29, 0.717) is 12.8 Å². The first-order chi connectivity index (χ1) is 6.74. The van der Waals surface area contributed by atoms with Crippen LogP contribution in [0.4, 0.5) is 0 Å². The molecule has 1 aromatic rings. The van der Waals surface area contributed by atoms with Crippen molar-refractivity contribution >= 4 is 6.29 Å². The lowest BCUT2D eigenvalue weighted by atomic mass is 10.1. The molecule has 0 aliphatic rings. The number of aryl methyl sites for hydroxylation is 1. The van der Waals surface area contributed by atoms with Crippen LogP contribution >= 0.6 is 0 Å². The first kappa shape index (κ1) is 10.8. The fourth-order valence-corrected chi connectivity index (χ4v) is 1.26. The second-order valence-electron chi connectivity index (χ2n) is 3.42. The quantitative estimate of drug-likeness (QED) is 0.714. The Morgan fingerprint density at radius 2 is 2.07 bits per heavy atom. The van der Waals surface area contributed by atoms with E-state index in [-0.39, 0.29) is 6.10 Å². The van der Waals surface area contributed by atoms with Crippen molar-refractivity contribution in [3.8, 4) is 5.75 Å². The van der Waals surface area contributed by atoms with E-state index in [0.717, 1.165) is 11.3 Å². The molecule has 0 amide bonds. The van der Waals surface area contributed by atoms with Gasteiger partial charge in [0.15, 0.2) is 6.29 Å². The average Bonchev–Trinajstić information content (AvgIpc) is 2.16. The monoisotopic (exact) mass is 191 g/mol. The molecule has 0 aliphatic heterocycles. The van der Waals surface area contributed by atoms with Gasteiger partial charge >= 0.3 is 0 Å². The molecule has 0 saturated heterocycles. The van der Waals surface area contributed by atoms with Crippen molar-refractivity contribution in [2.24, 2.45) is 0 Å². The Labute approximate surface area is 84.9 Å². The van der Waals surface area contributed by atoms with Crippen molar-refractivity contribution in [2.75, 3.05) is 0 Å². The zero-order chi connectivity index (χ0) is 10.4. The van der Waals surface area contributed by atoms with Crippen LogP contribution in [0.1, 0.15) is 25.8 Å². The number of ether oxygens (including phenoxy) is 1. The van der Waals surface area contributed by atoms with Crippen LogP contribution in [0.2, 0.25) is 0 Å². The topological polar surface area (TPSA) is 26.3 Å². The second-order valence-corrected chi connectivity index (χ2v) is 3.42. The van der Waals surface area contributed by atoms with Gasteiger partial charge in [0.2, 0.25) is 0 Å². The van der Waals surface area contributed by atoms with Crippen LogP contribution in [0.15, 0.2) is 24.3 Å². The summed E-state index contributed by atoms with van der Waals surface area (Å²) in [5.74, 6) is 0.873. The Hall–Kier alpha value is -1.31. The summed E-state index contributed by atoms with van der Waals surface area (Å²) in [6.07, 6.45) is 3.18. The van der Waals surface area contributed by atoms with Crippen LogP contribution in [0.3, 0.4) is 0 Å². The van der Waals surface area contributed by atoms with Gasteiger partial charge in [-0.25, -0.2) is 0 Å². The van der Waals surface area contributed by atoms with Crippen LogP contribution < -0.4 is 4.74 Å². The van der Waals surface area contributed by atoms with Gasteiger partial charge in [0.25, 0.3) is 0 Å². The normalized spacial score (nSPS) is 10.2. The van der Waals surface area contributed by atoms with Crippen LogP contribution in [-0.4, -0.2) is 12.4 Å². The van der Waals surface area contributed by atoms with E-state index in [1.54, 1.807) is 0 Å². The molecule has 0 unspecified atom stereocenters. The van der Waals surface area contributed by atoms with E-state index in [1.165, 1.54) is 0 Å². The molecule has 0 saturated carbocycles. The maximum Gasteiger partial charge on any atom is 0.198 e. The van der Waals surface area contributed by atoms with Gasteiger partial charge in [-0.05, 0) is 31.9 Å². The number of hydrogen-bond acceptors (Lipinski definition) is 2. The minimum absolute atomic E-state index is 0.163. The molecule has 14 heavy (non-hydrogen) atoms. The molecule has 2 heteroatoms. The largest absolute Gasteiger partial charge is 0.491 e. The fraction of sp³-hybridized carbons (Fsp3) is 0.417. The van der Waals surface area contributed by atoms with E-state index in [1.807, 2.05) is 44.4 Å². The molecule has 75 valence electrons. The number of rotatable bonds is 5. The van der Waals surface area contributed by atoms with Gasteiger partial charge in [-0.3, -0.25) is 4.79 Å². The summed E-state index contributed by atoms with van der Waals surface area (Å²) in [4.78, 5) is 10.1. The summed E-state index contributed by atoms with van der Waals surface area (Å²) in [5, 5.41) is 0. The lowest BCUT2D eigenvalue weighted by Crippen LogP contribution is -2.07. The molecule has 0 fully saturated rings. The van der Waals surface area contributed by atoms with Crippen molar-refractivity contribution in [3.63, 3.8) is 0 Å². The molecule has 0 aliphatic carbocycles. The predicted octanol–water partition coefficient (Wildman–Crippen LogP) is 2.52. The number of hydrogen-bond donors (Lipinski definition) is 0. The van der Waals surface area contributed by atoms with E-state index in [4.69, 9.17) is 4.74 Å². The zero-order valence-electron chi connectivity index (χ0n) is 8.62. The third-order valence-electron chi connectivity index (χ3n) is 1.83. The Morgan fingerprint density at radius 1 is 1.36 bits per heavy atom. The highest BCUT2D eigenvalue weighted by Crippen LogP contribution is 2.20. The highest BCUT2D eigenvalue weighted by atomic mass is 16.5. The van der Waals surface area contributed by atoms with E-state index >= 15 is 0 Å². The highest BCUT2D eigenvalue weighted by molar-refractivity contribution is 5.51. The summed E-state index contributed by atoms with van der Waals surface area (Å²) in [6, 6.07) is 7.80. The van der Waals surface area contributed by atoms with Crippen molar-refractivity contribution in [1.29, 1.82) is 0 Å². The van der Waals surface area contributed by atoms with Gasteiger partial charge in [-0.2, -0.15) is 0 Å². The molecule has 1 aromatic carbocycles. The molecule has 0 bridgehead atoms. The minimum Gasteiger partial charge on any atom is -0.491 e. The smallest absolute Gasteiger partial charge is 0.198 e. The Morgan fingerprint density at radius 3 is 2.71 bits per heavy atom. The Balaban J connectivity index is 2.74. The van der Waals surface area contributed by atoms with Crippen LogP contribution in [0.5, 0.6) is 5.75 Å². The third kappa shape index (κ3) is 3.21. The molecule has 0 spiro atoms. The van der Waals surface area contributed by atoms with E-state index < -0.39 is 0 Å². The van der Waals surface area contributed by atoms with Gasteiger partial charge in [0.1, 0.15) is 5.75 Å². The predicted molar refractivity (Wildman–Crippen MR) is 56.2 cm³/mol. The summed E-state index contributed by atoms with van der Waals surface area (Å²) in [5.41, 5.74) is 1.07. The standard InChI is InChI=1S/C12H15O2/c1-10(2)14-12-8-4-3-6-11(12)7-5-9-13/h3-4,6,8,10H,5,7H2,1-2H3. The van der Waals surface area contributed by atoms with Gasteiger partial charge in [0, 0.05) is 6.42 Å². The maximum absolute atomic E-state index is 10.1. The lowest BCUT2D eigenvalue weighted by molar-refractivity contribution is 0.240. The molecular formula is C12H15O2. The first-order valence-corrected chi connectivity index (χ1v) is 4.83. The number of benzene rings is 1. The molecule has 0 N–H and O–H groups in total. The van der Waals surface area contributed by atoms with Gasteiger partial charge in [-0.15, -0.1) is 0 Å². The van der Waals surface area contributed by atoms with Crippen LogP contribution in [-0.2, 0) is 11.2 Å². The SMILES string of the molecule is CC(C)Oc1ccccc1CC[C]=O. The summed E-state index contributed by atoms with van der Waals surface area (Å²) in [6.45, 7) is 3.98. The van der Waals surface area contributed by atoms with Gasteiger partial charge in [0.05, 0.1) is 6.10 Å². The van der Waals surface area contributed by atoms with E-state index in [2.05, 4.69) is 0 Å².